The average Bonchev–Trinajstić information content (AvgIpc) is 2.71. The number of nitrogens with zero attached hydrogens (tertiary/aromatic N) is 2. The zero-order chi connectivity index (χ0) is 14.5. The Hall–Kier alpha value is -1.71. The van der Waals surface area contributed by atoms with Crippen molar-refractivity contribution < 1.29 is 5.21 Å². The Kier molecular flexibility index (Phi) is 4.88. The van der Waals surface area contributed by atoms with E-state index in [1.807, 2.05) is 13.0 Å². The van der Waals surface area contributed by atoms with E-state index in [4.69, 9.17) is 10.9 Å². The molecule has 1 aromatic rings. The predicted molar refractivity (Wildman–Crippen MR) is 83.6 cm³/mol. The summed E-state index contributed by atoms with van der Waals surface area (Å²) in [6, 6.07) is 6.83. The van der Waals surface area contributed by atoms with Crippen molar-refractivity contribution in [2.75, 3.05) is 11.4 Å². The van der Waals surface area contributed by atoms with Crippen LogP contribution in [0.25, 0.3) is 0 Å². The Morgan fingerprint density at radius 1 is 1.40 bits per heavy atom. The van der Waals surface area contributed by atoms with Gasteiger partial charge >= 0.3 is 0 Å². The molecule has 1 aromatic carbocycles. The molecule has 0 bridgehead atoms. The zero-order valence-corrected chi connectivity index (χ0v) is 12.5. The number of hydrogen-bond donors (Lipinski definition) is 2. The molecule has 2 rings (SSSR count). The van der Waals surface area contributed by atoms with E-state index in [0.29, 0.717) is 6.04 Å². The number of amidine groups is 1. The summed E-state index contributed by atoms with van der Waals surface area (Å²) < 4.78 is 0. The van der Waals surface area contributed by atoms with Crippen LogP contribution in [0.4, 0.5) is 5.69 Å². The lowest BCUT2D eigenvalue weighted by Gasteiger charge is -2.32. The van der Waals surface area contributed by atoms with Gasteiger partial charge in [0.05, 0.1) is 0 Å². The van der Waals surface area contributed by atoms with Crippen LogP contribution in [-0.2, 0) is 0 Å². The second kappa shape index (κ2) is 6.64. The minimum Gasteiger partial charge on any atom is -0.409 e. The van der Waals surface area contributed by atoms with Crippen molar-refractivity contribution in [3.8, 4) is 0 Å². The van der Waals surface area contributed by atoms with Gasteiger partial charge in [-0.25, -0.2) is 0 Å². The minimum atomic E-state index is 0.178. The van der Waals surface area contributed by atoms with Crippen molar-refractivity contribution in [2.45, 2.75) is 52.0 Å². The van der Waals surface area contributed by atoms with Gasteiger partial charge < -0.3 is 15.8 Å². The summed E-state index contributed by atoms with van der Waals surface area (Å²) in [4.78, 5) is 2.52. The van der Waals surface area contributed by atoms with E-state index in [9.17, 15) is 0 Å². The molecular weight excluding hydrogens is 250 g/mol. The molecule has 1 unspecified atom stereocenters. The first-order valence-electron chi connectivity index (χ1n) is 7.52. The van der Waals surface area contributed by atoms with Crippen molar-refractivity contribution in [2.24, 2.45) is 10.9 Å². The predicted octanol–water partition coefficient (Wildman–Crippen LogP) is 3.25. The van der Waals surface area contributed by atoms with Gasteiger partial charge in [0.1, 0.15) is 0 Å². The second-order valence-corrected chi connectivity index (χ2v) is 5.59. The summed E-state index contributed by atoms with van der Waals surface area (Å²) in [6.07, 6.45) is 6.38. The van der Waals surface area contributed by atoms with E-state index in [1.54, 1.807) is 0 Å². The third-order valence-corrected chi connectivity index (χ3v) is 4.27. The number of aryl methyl sites for hydroxylation is 1. The summed E-state index contributed by atoms with van der Waals surface area (Å²) in [5, 5.41) is 11.9. The lowest BCUT2D eigenvalue weighted by atomic mass is 10.0. The molecule has 0 spiro atoms. The van der Waals surface area contributed by atoms with Gasteiger partial charge in [0.25, 0.3) is 0 Å². The van der Waals surface area contributed by atoms with Crippen molar-refractivity contribution in [1.29, 1.82) is 0 Å². The molecule has 4 heteroatoms. The zero-order valence-electron chi connectivity index (χ0n) is 12.5. The molecular formula is C16H25N3O. The molecule has 1 atom stereocenters. The minimum absolute atomic E-state index is 0.178. The number of benzene rings is 1. The van der Waals surface area contributed by atoms with Gasteiger partial charge in [-0.05, 0) is 49.9 Å². The van der Waals surface area contributed by atoms with E-state index < -0.39 is 0 Å². The van der Waals surface area contributed by atoms with Crippen LogP contribution in [0.2, 0.25) is 0 Å². The standard InChI is InChI=1S/C16H25N3O/c1-3-13-7-5-4-6-10-19(13)14-8-9-15(12(2)11-14)16(17)18-20/h8-9,11,13,20H,3-7,10H2,1-2H3,(H2,17,18). The summed E-state index contributed by atoms with van der Waals surface area (Å²) in [6.45, 7) is 5.40. The highest BCUT2D eigenvalue weighted by atomic mass is 16.4. The van der Waals surface area contributed by atoms with Crippen LogP contribution >= 0.6 is 0 Å². The molecule has 0 saturated carbocycles. The van der Waals surface area contributed by atoms with Crippen LogP contribution < -0.4 is 10.6 Å². The van der Waals surface area contributed by atoms with Gasteiger partial charge in [0.15, 0.2) is 5.84 Å². The van der Waals surface area contributed by atoms with Crippen LogP contribution in [0, 0.1) is 6.92 Å². The molecule has 1 saturated heterocycles. The van der Waals surface area contributed by atoms with E-state index >= 15 is 0 Å². The molecule has 20 heavy (non-hydrogen) atoms. The fraction of sp³-hybridized carbons (Fsp3) is 0.562. The molecule has 4 nitrogen and oxygen atoms in total. The Labute approximate surface area is 121 Å². The summed E-state index contributed by atoms with van der Waals surface area (Å²) >= 11 is 0. The van der Waals surface area contributed by atoms with Gasteiger partial charge in [-0.3, -0.25) is 0 Å². The molecule has 0 radical (unpaired) electrons. The maximum absolute atomic E-state index is 8.80. The molecule has 0 aromatic heterocycles. The maximum atomic E-state index is 8.80. The van der Waals surface area contributed by atoms with Crippen molar-refractivity contribution in [1.82, 2.24) is 0 Å². The third-order valence-electron chi connectivity index (χ3n) is 4.27. The third kappa shape index (κ3) is 3.06. The molecule has 1 aliphatic heterocycles. The fourth-order valence-corrected chi connectivity index (χ4v) is 3.11. The summed E-state index contributed by atoms with van der Waals surface area (Å²) in [5.74, 6) is 0.178. The summed E-state index contributed by atoms with van der Waals surface area (Å²) in [5.41, 5.74) is 8.80. The molecule has 0 amide bonds. The number of oxime groups is 1. The van der Waals surface area contributed by atoms with Gasteiger partial charge in [0, 0.05) is 23.8 Å². The summed E-state index contributed by atoms with van der Waals surface area (Å²) in [7, 11) is 0. The number of nitrogens with two attached hydrogens (primary N) is 1. The van der Waals surface area contributed by atoms with Crippen molar-refractivity contribution >= 4 is 11.5 Å². The maximum Gasteiger partial charge on any atom is 0.170 e. The van der Waals surface area contributed by atoms with E-state index in [-0.39, 0.29) is 5.84 Å². The Balaban J connectivity index is 2.29. The van der Waals surface area contributed by atoms with E-state index in [2.05, 4.69) is 29.1 Å². The highest BCUT2D eigenvalue weighted by Gasteiger charge is 2.20. The molecule has 1 fully saturated rings. The Morgan fingerprint density at radius 2 is 2.20 bits per heavy atom. The molecule has 3 N–H and O–H groups in total. The van der Waals surface area contributed by atoms with Crippen LogP contribution in [0.1, 0.15) is 50.2 Å². The van der Waals surface area contributed by atoms with Gasteiger partial charge in [-0.2, -0.15) is 0 Å². The topological polar surface area (TPSA) is 61.8 Å². The normalized spacial score (nSPS) is 20.8. The Bertz CT molecular complexity index is 485. The van der Waals surface area contributed by atoms with Crippen molar-refractivity contribution in [3.05, 3.63) is 29.3 Å². The molecule has 1 aliphatic rings. The van der Waals surface area contributed by atoms with Crippen LogP contribution in [0.5, 0.6) is 0 Å². The quantitative estimate of drug-likeness (QED) is 0.385. The first-order valence-corrected chi connectivity index (χ1v) is 7.52. The van der Waals surface area contributed by atoms with Gasteiger partial charge in [-0.1, -0.05) is 24.9 Å². The molecule has 110 valence electrons. The van der Waals surface area contributed by atoms with Gasteiger partial charge in [0.2, 0.25) is 0 Å². The number of rotatable bonds is 3. The fourth-order valence-electron chi connectivity index (χ4n) is 3.11. The van der Waals surface area contributed by atoms with E-state index in [1.165, 1.54) is 37.8 Å². The highest BCUT2D eigenvalue weighted by Crippen LogP contribution is 2.27. The van der Waals surface area contributed by atoms with Crippen molar-refractivity contribution in [3.63, 3.8) is 0 Å². The smallest absolute Gasteiger partial charge is 0.170 e. The first kappa shape index (κ1) is 14.7. The monoisotopic (exact) mass is 275 g/mol. The number of hydrogen-bond acceptors (Lipinski definition) is 3. The van der Waals surface area contributed by atoms with E-state index in [0.717, 1.165) is 17.7 Å². The molecule has 0 aliphatic carbocycles. The lowest BCUT2D eigenvalue weighted by molar-refractivity contribution is 0.318. The second-order valence-electron chi connectivity index (χ2n) is 5.59. The lowest BCUT2D eigenvalue weighted by Crippen LogP contribution is -2.34. The Morgan fingerprint density at radius 3 is 2.85 bits per heavy atom. The van der Waals surface area contributed by atoms with Crippen LogP contribution in [0.15, 0.2) is 23.4 Å². The van der Waals surface area contributed by atoms with Crippen LogP contribution in [0.3, 0.4) is 0 Å². The molecule has 1 heterocycles. The number of anilines is 1. The largest absolute Gasteiger partial charge is 0.409 e. The average molecular weight is 275 g/mol. The van der Waals surface area contributed by atoms with Gasteiger partial charge in [-0.15, -0.1) is 0 Å². The first-order chi connectivity index (χ1) is 9.67. The van der Waals surface area contributed by atoms with Crippen LogP contribution in [-0.4, -0.2) is 23.6 Å². The SMILES string of the molecule is CCC1CCCCCN1c1ccc(/C(N)=N/O)c(C)c1. The highest BCUT2D eigenvalue weighted by molar-refractivity contribution is 5.98.